The quantitative estimate of drug-likeness (QED) is 0.777. The van der Waals surface area contributed by atoms with Gasteiger partial charge in [-0.3, -0.25) is 9.88 Å². The average molecular weight is 418 g/mol. The molecule has 2 aliphatic heterocycles. The molecule has 1 saturated heterocycles. The van der Waals surface area contributed by atoms with Gasteiger partial charge < -0.3 is 5.32 Å². The number of aryl methyl sites for hydroxylation is 1. The number of nitrogens with one attached hydrogen (secondary N) is 1. The molecule has 2 aliphatic rings. The first-order valence-electron chi connectivity index (χ1n) is 11.0. The Balaban J connectivity index is 1.51. The predicted octanol–water partition coefficient (Wildman–Crippen LogP) is 4.79. The molecule has 5 nitrogen and oxygen atoms in total. The van der Waals surface area contributed by atoms with Gasteiger partial charge in [0.1, 0.15) is 11.9 Å². The summed E-state index contributed by atoms with van der Waals surface area (Å²) in [6, 6.07) is 3.22. The summed E-state index contributed by atoms with van der Waals surface area (Å²) in [5.41, 5.74) is 3.18. The van der Waals surface area contributed by atoms with Crippen LogP contribution in [0, 0.1) is 12.8 Å². The van der Waals surface area contributed by atoms with Gasteiger partial charge in [0.25, 0.3) is 6.43 Å². The number of fused-ring (bicyclic) bond motifs is 1. The van der Waals surface area contributed by atoms with E-state index in [1.165, 1.54) is 15.8 Å². The second-order valence-electron chi connectivity index (χ2n) is 9.94. The fraction of sp³-hybridized carbons (Fsp3) is 0.652. The van der Waals surface area contributed by atoms with Crippen LogP contribution >= 0.6 is 0 Å². The van der Waals surface area contributed by atoms with Crippen LogP contribution in [-0.4, -0.2) is 45.2 Å². The van der Waals surface area contributed by atoms with Gasteiger partial charge in [-0.15, -0.1) is 0 Å². The Labute approximate surface area is 177 Å². The fourth-order valence-electron chi connectivity index (χ4n) is 4.73. The Morgan fingerprint density at radius 1 is 1.30 bits per heavy atom. The average Bonchev–Trinajstić information content (AvgIpc) is 3.14. The summed E-state index contributed by atoms with van der Waals surface area (Å²) >= 11 is 0. The number of pyridine rings is 1. The molecule has 0 aromatic carbocycles. The molecule has 1 fully saturated rings. The molecule has 4 rings (SSSR count). The van der Waals surface area contributed by atoms with E-state index in [1.807, 2.05) is 18.5 Å². The van der Waals surface area contributed by atoms with Gasteiger partial charge in [0.05, 0.1) is 5.69 Å². The molecule has 0 unspecified atom stereocenters. The molecular weight excluding hydrogens is 384 g/mol. The van der Waals surface area contributed by atoms with E-state index in [1.54, 1.807) is 0 Å². The van der Waals surface area contributed by atoms with Gasteiger partial charge in [-0.05, 0) is 55.8 Å². The van der Waals surface area contributed by atoms with Crippen LogP contribution in [0.5, 0.6) is 0 Å². The summed E-state index contributed by atoms with van der Waals surface area (Å²) in [5.74, 6) is 1.09. The van der Waals surface area contributed by atoms with Crippen molar-refractivity contribution < 1.29 is 8.78 Å². The zero-order chi connectivity index (χ0) is 21.5. The molecule has 3 atom stereocenters. The van der Waals surface area contributed by atoms with Gasteiger partial charge in [-0.25, -0.2) is 13.5 Å². The normalized spacial score (nSPS) is 25.2. The molecule has 0 aliphatic carbocycles. The molecule has 4 heterocycles. The van der Waals surface area contributed by atoms with Crippen molar-refractivity contribution in [2.45, 2.75) is 77.4 Å². The molecule has 7 heteroatoms. The Morgan fingerprint density at radius 2 is 2.10 bits per heavy atom. The van der Waals surface area contributed by atoms with Crippen molar-refractivity contribution in [3.8, 4) is 0 Å². The Morgan fingerprint density at radius 3 is 2.80 bits per heavy atom. The van der Waals surface area contributed by atoms with Gasteiger partial charge >= 0.3 is 0 Å². The van der Waals surface area contributed by atoms with E-state index < -0.39 is 12.5 Å². The van der Waals surface area contributed by atoms with E-state index >= 15 is 0 Å². The first-order chi connectivity index (χ1) is 14.2. The van der Waals surface area contributed by atoms with Crippen molar-refractivity contribution in [2.75, 3.05) is 18.4 Å². The van der Waals surface area contributed by atoms with Crippen LogP contribution in [0.15, 0.2) is 24.5 Å². The van der Waals surface area contributed by atoms with Gasteiger partial charge in [0.2, 0.25) is 0 Å². The second-order valence-corrected chi connectivity index (χ2v) is 9.94. The molecule has 2 aromatic heterocycles. The lowest BCUT2D eigenvalue weighted by atomic mass is 9.85. The third-order valence-corrected chi connectivity index (χ3v) is 6.58. The number of aromatic nitrogens is 3. The van der Waals surface area contributed by atoms with Crippen molar-refractivity contribution in [3.05, 3.63) is 41.3 Å². The van der Waals surface area contributed by atoms with Crippen LogP contribution in [0.25, 0.3) is 0 Å². The van der Waals surface area contributed by atoms with Crippen molar-refractivity contribution >= 4 is 5.82 Å². The maximum absolute atomic E-state index is 13.9. The zero-order valence-electron chi connectivity index (χ0n) is 18.4. The number of alkyl halides is 2. The molecule has 0 saturated carbocycles. The van der Waals surface area contributed by atoms with Crippen LogP contribution < -0.4 is 5.32 Å². The number of halogens is 2. The maximum Gasteiger partial charge on any atom is 0.260 e. The number of likely N-dealkylation sites (tertiary alicyclic amines) is 1. The Kier molecular flexibility index (Phi) is 5.84. The Hall–Kier alpha value is -2.02. The van der Waals surface area contributed by atoms with Gasteiger partial charge in [-0.2, -0.15) is 5.10 Å². The van der Waals surface area contributed by atoms with Crippen LogP contribution in [0.4, 0.5) is 14.6 Å². The van der Waals surface area contributed by atoms with Crippen molar-refractivity contribution in [1.82, 2.24) is 19.7 Å². The molecule has 164 valence electrons. The van der Waals surface area contributed by atoms with Crippen LogP contribution in [0.2, 0.25) is 0 Å². The lowest BCUT2D eigenvalue weighted by Crippen LogP contribution is -2.46. The lowest BCUT2D eigenvalue weighted by molar-refractivity contribution is 0.0550. The van der Waals surface area contributed by atoms with Crippen LogP contribution in [-0.2, 0) is 12.0 Å². The van der Waals surface area contributed by atoms with E-state index in [9.17, 15) is 8.78 Å². The van der Waals surface area contributed by atoms with Gasteiger partial charge in [-0.1, -0.05) is 20.8 Å². The number of hydrogen-bond donors (Lipinski definition) is 1. The first kappa shape index (κ1) is 21.2. The largest absolute Gasteiger partial charge is 0.367 e. The third-order valence-electron chi connectivity index (χ3n) is 6.58. The SMILES string of the molecule is Cc1cnccc1CN1CCC[C@@H]([C@H]2C[C@@H](C(F)F)n3nc(C(C)(C)C)cc3N2)C1. The lowest BCUT2D eigenvalue weighted by Gasteiger charge is -2.41. The van der Waals surface area contributed by atoms with Gasteiger partial charge in [0.15, 0.2) is 0 Å². The molecule has 0 amide bonds. The van der Waals surface area contributed by atoms with E-state index in [2.05, 4.69) is 54.1 Å². The highest BCUT2D eigenvalue weighted by Gasteiger charge is 2.39. The maximum atomic E-state index is 13.9. The highest BCUT2D eigenvalue weighted by Crippen LogP contribution is 2.38. The molecule has 0 bridgehead atoms. The minimum absolute atomic E-state index is 0.0438. The molecule has 1 N–H and O–H groups in total. The summed E-state index contributed by atoms with van der Waals surface area (Å²) in [6.45, 7) is 11.2. The summed E-state index contributed by atoms with van der Waals surface area (Å²) in [5, 5.41) is 8.11. The number of hydrogen-bond acceptors (Lipinski definition) is 4. The van der Waals surface area contributed by atoms with Gasteiger partial charge in [0, 0.05) is 43.0 Å². The predicted molar refractivity (Wildman–Crippen MR) is 115 cm³/mol. The monoisotopic (exact) mass is 417 g/mol. The zero-order valence-corrected chi connectivity index (χ0v) is 18.4. The van der Waals surface area contributed by atoms with E-state index in [-0.39, 0.29) is 11.5 Å². The molecule has 30 heavy (non-hydrogen) atoms. The smallest absolute Gasteiger partial charge is 0.260 e. The Bertz CT molecular complexity index is 873. The number of piperidine rings is 1. The van der Waals surface area contributed by atoms with E-state index in [0.29, 0.717) is 12.3 Å². The summed E-state index contributed by atoms with van der Waals surface area (Å²) < 4.78 is 29.4. The molecule has 2 aromatic rings. The third kappa shape index (κ3) is 4.36. The molecular formula is C23H33F2N5. The first-order valence-corrected chi connectivity index (χ1v) is 11.0. The van der Waals surface area contributed by atoms with Crippen LogP contribution in [0.3, 0.4) is 0 Å². The number of nitrogens with zero attached hydrogens (tertiary/aromatic N) is 4. The number of anilines is 1. The number of rotatable bonds is 4. The summed E-state index contributed by atoms with van der Waals surface area (Å²) in [7, 11) is 0. The van der Waals surface area contributed by atoms with Crippen molar-refractivity contribution in [3.63, 3.8) is 0 Å². The summed E-state index contributed by atoms with van der Waals surface area (Å²) in [6.07, 6.45) is 3.91. The minimum Gasteiger partial charge on any atom is -0.367 e. The standard InChI is InChI=1S/C23H33F2N5/c1-15-12-26-8-7-16(15)13-29-9-5-6-17(14-29)18-10-19(22(24)25)30-21(27-18)11-20(28-30)23(2,3)4/h7-8,11-12,17-19,22,27H,5-6,9-10,13-14H2,1-4H3/t17-,18-,19+/m1/s1. The minimum atomic E-state index is -2.42. The topological polar surface area (TPSA) is 46.0 Å². The molecule has 0 radical (unpaired) electrons. The van der Waals surface area contributed by atoms with E-state index in [4.69, 9.17) is 0 Å². The van der Waals surface area contributed by atoms with E-state index in [0.717, 1.165) is 44.0 Å². The highest BCUT2D eigenvalue weighted by molar-refractivity contribution is 5.43. The fourth-order valence-corrected chi connectivity index (χ4v) is 4.73. The molecule has 0 spiro atoms. The summed E-state index contributed by atoms with van der Waals surface area (Å²) in [4.78, 5) is 6.64. The van der Waals surface area contributed by atoms with Crippen LogP contribution in [0.1, 0.15) is 62.9 Å². The van der Waals surface area contributed by atoms with Crippen molar-refractivity contribution in [1.29, 1.82) is 0 Å². The highest BCUT2D eigenvalue weighted by atomic mass is 19.3. The second kappa shape index (κ2) is 8.25. The van der Waals surface area contributed by atoms with Crippen molar-refractivity contribution in [2.24, 2.45) is 5.92 Å².